The number of aromatic amines is 1. The number of hydrogen-bond acceptors (Lipinski definition) is 4. The minimum Gasteiger partial charge on any atom is -0.335 e. The van der Waals surface area contributed by atoms with Gasteiger partial charge in [-0.2, -0.15) is 4.31 Å². The molecule has 0 radical (unpaired) electrons. The molecule has 0 amide bonds. The van der Waals surface area contributed by atoms with E-state index in [1.807, 2.05) is 43.3 Å². The van der Waals surface area contributed by atoms with Gasteiger partial charge in [-0.15, -0.1) is 0 Å². The molecule has 3 rings (SSSR count). The van der Waals surface area contributed by atoms with Crippen LogP contribution < -0.4 is 0 Å². The molecule has 2 aromatic heterocycles. The molecule has 0 bridgehead atoms. The Hall–Kier alpha value is -2.51. The number of pyridine rings is 1. The summed E-state index contributed by atoms with van der Waals surface area (Å²) < 4.78 is 27.1. The summed E-state index contributed by atoms with van der Waals surface area (Å²) in [7, 11) is -2.18. The molecule has 1 aromatic carbocycles. The zero-order valence-corrected chi connectivity index (χ0v) is 14.2. The van der Waals surface area contributed by atoms with Crippen molar-refractivity contribution in [3.63, 3.8) is 0 Å². The maximum Gasteiger partial charge on any atom is 0.260 e. The summed E-state index contributed by atoms with van der Waals surface area (Å²) in [5.74, 6) is 0. The van der Waals surface area contributed by atoms with Crippen LogP contribution in [0.15, 0.2) is 66.2 Å². The standard InChI is InChI=1S/C17H18N4O2S/c1-13-6-8-14(9-7-13)17(15-5-3-4-10-19-15)21(2)24(22,23)16-11-18-12-20-16/h3-12,17H,1-2H3,(H,18,20). The summed E-state index contributed by atoms with van der Waals surface area (Å²) in [5, 5.41) is 0.0537. The van der Waals surface area contributed by atoms with Crippen molar-refractivity contribution in [1.29, 1.82) is 0 Å². The minimum absolute atomic E-state index is 0.0537. The lowest BCUT2D eigenvalue weighted by atomic mass is 10.0. The third kappa shape index (κ3) is 3.08. The number of aromatic nitrogens is 3. The summed E-state index contributed by atoms with van der Waals surface area (Å²) in [6.45, 7) is 1.99. The summed E-state index contributed by atoms with van der Waals surface area (Å²) in [5.41, 5.74) is 2.62. The van der Waals surface area contributed by atoms with Crippen molar-refractivity contribution >= 4 is 10.0 Å². The smallest absolute Gasteiger partial charge is 0.260 e. The van der Waals surface area contributed by atoms with E-state index in [1.165, 1.54) is 16.8 Å². The van der Waals surface area contributed by atoms with Crippen LogP contribution in [0, 0.1) is 6.92 Å². The van der Waals surface area contributed by atoms with Gasteiger partial charge in [0.15, 0.2) is 5.03 Å². The molecule has 0 spiro atoms. The lowest BCUT2D eigenvalue weighted by Crippen LogP contribution is -2.32. The summed E-state index contributed by atoms with van der Waals surface area (Å²) in [6, 6.07) is 12.7. The zero-order valence-electron chi connectivity index (χ0n) is 13.4. The van der Waals surface area contributed by atoms with Gasteiger partial charge in [0, 0.05) is 13.2 Å². The predicted molar refractivity (Wildman–Crippen MR) is 90.8 cm³/mol. The van der Waals surface area contributed by atoms with E-state index in [-0.39, 0.29) is 5.03 Å². The van der Waals surface area contributed by atoms with Gasteiger partial charge in [0.1, 0.15) is 0 Å². The summed E-state index contributed by atoms with van der Waals surface area (Å²) >= 11 is 0. The topological polar surface area (TPSA) is 79.0 Å². The van der Waals surface area contributed by atoms with Gasteiger partial charge in [0.2, 0.25) is 0 Å². The van der Waals surface area contributed by atoms with Crippen molar-refractivity contribution in [3.05, 3.63) is 78.0 Å². The highest BCUT2D eigenvalue weighted by Gasteiger charge is 2.32. The molecule has 0 saturated carbocycles. The van der Waals surface area contributed by atoms with E-state index in [0.717, 1.165) is 11.1 Å². The van der Waals surface area contributed by atoms with Crippen LogP contribution >= 0.6 is 0 Å². The van der Waals surface area contributed by atoms with Crippen LogP contribution in [0.1, 0.15) is 22.9 Å². The molecule has 0 aliphatic carbocycles. The highest BCUT2D eigenvalue weighted by Crippen LogP contribution is 2.30. The number of imidazole rings is 1. The third-order valence-corrected chi connectivity index (χ3v) is 5.60. The van der Waals surface area contributed by atoms with Gasteiger partial charge >= 0.3 is 0 Å². The molecule has 0 aliphatic heterocycles. The molecule has 3 aromatic rings. The highest BCUT2D eigenvalue weighted by molar-refractivity contribution is 7.89. The molecule has 2 heterocycles. The molecular formula is C17H18N4O2S. The van der Waals surface area contributed by atoms with Crippen molar-refractivity contribution in [2.45, 2.75) is 18.0 Å². The fourth-order valence-electron chi connectivity index (χ4n) is 2.53. The molecular weight excluding hydrogens is 324 g/mol. The maximum absolute atomic E-state index is 12.9. The van der Waals surface area contributed by atoms with Gasteiger partial charge in [-0.25, -0.2) is 13.4 Å². The predicted octanol–water partition coefficient (Wildman–Crippen LogP) is 2.52. The first-order valence-electron chi connectivity index (χ1n) is 7.44. The first-order valence-corrected chi connectivity index (χ1v) is 8.88. The second-order valence-electron chi connectivity index (χ2n) is 5.50. The molecule has 24 heavy (non-hydrogen) atoms. The van der Waals surface area contributed by atoms with Gasteiger partial charge in [-0.1, -0.05) is 35.9 Å². The van der Waals surface area contributed by atoms with E-state index in [9.17, 15) is 8.42 Å². The summed E-state index contributed by atoms with van der Waals surface area (Å²) in [4.78, 5) is 10.8. The number of rotatable bonds is 5. The minimum atomic E-state index is -3.73. The Labute approximate surface area is 141 Å². The Kier molecular flexibility index (Phi) is 4.46. The number of benzene rings is 1. The van der Waals surface area contributed by atoms with Gasteiger partial charge in [0.25, 0.3) is 10.0 Å². The molecule has 0 fully saturated rings. The number of H-pyrrole nitrogens is 1. The summed E-state index contributed by atoms with van der Waals surface area (Å²) in [6.07, 6.45) is 4.31. The molecule has 1 N–H and O–H groups in total. The Morgan fingerprint density at radius 3 is 2.46 bits per heavy atom. The van der Waals surface area contributed by atoms with Gasteiger partial charge in [0.05, 0.1) is 24.3 Å². The first kappa shape index (κ1) is 16.4. The van der Waals surface area contributed by atoms with Crippen molar-refractivity contribution < 1.29 is 8.42 Å². The maximum atomic E-state index is 12.9. The molecule has 124 valence electrons. The fraction of sp³-hybridized carbons (Fsp3) is 0.176. The Bertz CT molecular complexity index is 892. The van der Waals surface area contributed by atoms with Crippen LogP contribution in [0.5, 0.6) is 0 Å². The lowest BCUT2D eigenvalue weighted by molar-refractivity contribution is 0.410. The monoisotopic (exact) mass is 342 g/mol. The average Bonchev–Trinajstić information content (AvgIpc) is 3.13. The number of nitrogens with zero attached hydrogens (tertiary/aromatic N) is 3. The third-order valence-electron chi connectivity index (χ3n) is 3.85. The van der Waals surface area contributed by atoms with Crippen LogP contribution in [0.3, 0.4) is 0 Å². The van der Waals surface area contributed by atoms with Gasteiger partial charge < -0.3 is 4.98 Å². The normalized spacial score (nSPS) is 13.1. The van der Waals surface area contributed by atoms with Crippen LogP contribution in [0.2, 0.25) is 0 Å². The van der Waals surface area contributed by atoms with Gasteiger partial charge in [-0.3, -0.25) is 4.98 Å². The van der Waals surface area contributed by atoms with Crippen molar-refractivity contribution in [1.82, 2.24) is 19.3 Å². The van der Waals surface area contributed by atoms with E-state index in [1.54, 1.807) is 19.3 Å². The van der Waals surface area contributed by atoms with Crippen LogP contribution in [-0.4, -0.2) is 34.7 Å². The van der Waals surface area contributed by atoms with Crippen LogP contribution in [-0.2, 0) is 10.0 Å². The number of sulfonamides is 1. The highest BCUT2D eigenvalue weighted by atomic mass is 32.2. The number of nitrogens with one attached hydrogen (secondary N) is 1. The molecule has 1 atom stereocenters. The SMILES string of the molecule is Cc1ccc(C(c2ccccn2)N(C)S(=O)(=O)c2cnc[nH]2)cc1. The first-order chi connectivity index (χ1) is 11.5. The van der Waals surface area contributed by atoms with Crippen molar-refractivity contribution in [2.24, 2.45) is 0 Å². The Morgan fingerprint density at radius 2 is 1.88 bits per heavy atom. The Morgan fingerprint density at radius 1 is 1.12 bits per heavy atom. The second kappa shape index (κ2) is 6.54. The molecule has 1 unspecified atom stereocenters. The van der Waals surface area contributed by atoms with Gasteiger partial charge in [-0.05, 0) is 24.6 Å². The lowest BCUT2D eigenvalue weighted by Gasteiger charge is -2.27. The second-order valence-corrected chi connectivity index (χ2v) is 7.47. The van der Waals surface area contributed by atoms with Crippen LogP contribution in [0.4, 0.5) is 0 Å². The van der Waals surface area contributed by atoms with Crippen molar-refractivity contribution in [3.8, 4) is 0 Å². The molecule has 0 aliphatic rings. The molecule has 0 saturated heterocycles. The number of hydrogen-bond donors (Lipinski definition) is 1. The Balaban J connectivity index is 2.10. The van der Waals surface area contributed by atoms with E-state index in [4.69, 9.17) is 0 Å². The van der Waals surface area contributed by atoms with E-state index >= 15 is 0 Å². The van der Waals surface area contributed by atoms with E-state index < -0.39 is 16.1 Å². The van der Waals surface area contributed by atoms with E-state index in [2.05, 4.69) is 15.0 Å². The molecule has 6 nitrogen and oxygen atoms in total. The quantitative estimate of drug-likeness (QED) is 0.773. The fourth-order valence-corrected chi connectivity index (χ4v) is 3.74. The number of aryl methyl sites for hydroxylation is 1. The largest absolute Gasteiger partial charge is 0.335 e. The van der Waals surface area contributed by atoms with Crippen molar-refractivity contribution in [2.75, 3.05) is 7.05 Å². The zero-order chi connectivity index (χ0) is 17.2. The molecule has 7 heteroatoms. The van der Waals surface area contributed by atoms with Crippen LogP contribution in [0.25, 0.3) is 0 Å². The average molecular weight is 342 g/mol. The van der Waals surface area contributed by atoms with E-state index in [0.29, 0.717) is 5.69 Å².